The molecule has 2 aromatic carbocycles. The van der Waals surface area contributed by atoms with Gasteiger partial charge in [-0.3, -0.25) is 9.59 Å². The van der Waals surface area contributed by atoms with E-state index in [2.05, 4.69) is 5.10 Å². The zero-order chi connectivity index (χ0) is 16.1. The molecule has 7 nitrogen and oxygen atoms in total. The Balaban J connectivity index is 2.02. The molecular weight excluding hydrogens is 288 g/mol. The quantitative estimate of drug-likeness (QED) is 0.292. The third kappa shape index (κ3) is 3.83. The predicted molar refractivity (Wildman–Crippen MR) is 77.9 cm³/mol. The van der Waals surface area contributed by atoms with Gasteiger partial charge in [0.1, 0.15) is 17.2 Å². The molecule has 0 aromatic heterocycles. The fraction of sp³-hybridized carbons (Fsp3) is 0. The number of aromatic hydroxyl groups is 3. The van der Waals surface area contributed by atoms with Crippen LogP contribution in [0.25, 0.3) is 0 Å². The molecule has 0 heterocycles. The molecule has 0 spiro atoms. The van der Waals surface area contributed by atoms with Gasteiger partial charge in [-0.15, -0.1) is 0 Å². The maximum atomic E-state index is 11.8. The summed E-state index contributed by atoms with van der Waals surface area (Å²) in [5, 5.41) is 31.3. The van der Waals surface area contributed by atoms with E-state index in [4.69, 9.17) is 5.11 Å². The van der Waals surface area contributed by atoms with Crippen molar-refractivity contribution in [3.8, 4) is 17.2 Å². The summed E-state index contributed by atoms with van der Waals surface area (Å²) in [7, 11) is 0. The van der Waals surface area contributed by atoms with Gasteiger partial charge < -0.3 is 15.3 Å². The normalized spacial score (nSPS) is 10.5. The number of rotatable bonds is 4. The first-order valence-corrected chi connectivity index (χ1v) is 6.15. The largest absolute Gasteiger partial charge is 0.508 e. The third-order valence-corrected chi connectivity index (χ3v) is 2.64. The highest BCUT2D eigenvalue weighted by molar-refractivity contribution is 6.42. The van der Waals surface area contributed by atoms with Crippen molar-refractivity contribution in [2.24, 2.45) is 5.10 Å². The van der Waals surface area contributed by atoms with Gasteiger partial charge in [-0.05, 0) is 42.0 Å². The van der Waals surface area contributed by atoms with E-state index in [0.717, 1.165) is 18.2 Å². The summed E-state index contributed by atoms with van der Waals surface area (Å²) >= 11 is 0. The van der Waals surface area contributed by atoms with E-state index in [1.807, 2.05) is 5.43 Å². The van der Waals surface area contributed by atoms with E-state index in [-0.39, 0.29) is 22.8 Å². The lowest BCUT2D eigenvalue weighted by atomic mass is 10.1. The van der Waals surface area contributed by atoms with E-state index >= 15 is 0 Å². The van der Waals surface area contributed by atoms with E-state index in [9.17, 15) is 19.8 Å². The van der Waals surface area contributed by atoms with E-state index in [1.165, 1.54) is 18.3 Å². The Morgan fingerprint density at radius 1 is 0.909 bits per heavy atom. The van der Waals surface area contributed by atoms with Gasteiger partial charge in [-0.25, -0.2) is 5.43 Å². The first-order chi connectivity index (χ1) is 10.5. The van der Waals surface area contributed by atoms with Gasteiger partial charge in [0.05, 0.1) is 6.21 Å². The highest BCUT2D eigenvalue weighted by atomic mass is 16.3. The second-order valence-corrected chi connectivity index (χ2v) is 4.36. The lowest BCUT2D eigenvalue weighted by Gasteiger charge is -2.02. The van der Waals surface area contributed by atoms with Crippen LogP contribution in [0, 0.1) is 0 Å². The smallest absolute Gasteiger partial charge is 0.312 e. The number of hydrogen-bond donors (Lipinski definition) is 4. The summed E-state index contributed by atoms with van der Waals surface area (Å²) in [6.45, 7) is 0. The molecule has 1 amide bonds. The van der Waals surface area contributed by atoms with Crippen LogP contribution in [0.5, 0.6) is 17.2 Å². The highest BCUT2D eigenvalue weighted by Crippen LogP contribution is 2.20. The van der Waals surface area contributed by atoms with Gasteiger partial charge in [0, 0.05) is 11.6 Å². The molecule has 0 saturated heterocycles. The van der Waals surface area contributed by atoms with Crippen molar-refractivity contribution >= 4 is 17.9 Å². The van der Waals surface area contributed by atoms with Crippen molar-refractivity contribution in [1.29, 1.82) is 0 Å². The second-order valence-electron chi connectivity index (χ2n) is 4.36. The molecule has 0 fully saturated rings. The molecule has 2 aromatic rings. The van der Waals surface area contributed by atoms with E-state index in [1.54, 1.807) is 12.1 Å². The molecule has 0 saturated carbocycles. The number of Topliss-reactive ketones (excluding diaryl/α,β-unsaturated/α-hetero) is 1. The Morgan fingerprint density at radius 3 is 2.09 bits per heavy atom. The first-order valence-electron chi connectivity index (χ1n) is 6.15. The zero-order valence-corrected chi connectivity index (χ0v) is 11.2. The number of ketones is 1. The summed E-state index contributed by atoms with van der Waals surface area (Å²) in [5.74, 6) is -2.53. The van der Waals surface area contributed by atoms with Crippen LogP contribution >= 0.6 is 0 Å². The number of benzene rings is 2. The summed E-state index contributed by atoms with van der Waals surface area (Å²) in [6.07, 6.45) is 1.30. The molecule has 22 heavy (non-hydrogen) atoms. The van der Waals surface area contributed by atoms with E-state index < -0.39 is 11.7 Å². The van der Waals surface area contributed by atoms with Crippen LogP contribution in [0.15, 0.2) is 47.6 Å². The number of phenols is 3. The molecule has 0 bridgehead atoms. The topological polar surface area (TPSA) is 119 Å². The maximum Gasteiger partial charge on any atom is 0.312 e. The molecule has 4 N–H and O–H groups in total. The van der Waals surface area contributed by atoms with Crippen LogP contribution < -0.4 is 5.43 Å². The number of carbonyl (C=O) groups excluding carboxylic acids is 2. The summed E-state index contributed by atoms with van der Waals surface area (Å²) < 4.78 is 0. The van der Waals surface area contributed by atoms with Gasteiger partial charge >= 0.3 is 5.91 Å². The minimum absolute atomic E-state index is 0.0973. The Hall–Kier alpha value is -3.35. The standard InChI is InChI=1S/C15H12N2O5/c18-11-3-1-9(2-4-11)8-16-17-15(22)14(21)10-5-12(19)7-13(20)6-10/h1-8,18-20H,(H,17,22). The van der Waals surface area contributed by atoms with Crippen LogP contribution in [0.3, 0.4) is 0 Å². The molecule has 0 aliphatic heterocycles. The lowest BCUT2D eigenvalue weighted by molar-refractivity contribution is -0.116. The minimum Gasteiger partial charge on any atom is -0.508 e. The number of carbonyl (C=O) groups is 2. The number of hydrogen-bond acceptors (Lipinski definition) is 6. The predicted octanol–water partition coefficient (Wildman–Crippen LogP) is 1.14. The molecule has 2 rings (SSSR count). The number of amides is 1. The molecular formula is C15H12N2O5. The summed E-state index contributed by atoms with van der Waals surface area (Å²) in [5.41, 5.74) is 2.49. The molecule has 0 aliphatic carbocycles. The number of phenolic OH excluding ortho intramolecular Hbond substituents is 3. The molecule has 112 valence electrons. The van der Waals surface area contributed by atoms with Crippen LogP contribution in [-0.4, -0.2) is 33.2 Å². The van der Waals surface area contributed by atoms with Crippen molar-refractivity contribution in [2.75, 3.05) is 0 Å². The van der Waals surface area contributed by atoms with Crippen molar-refractivity contribution in [3.63, 3.8) is 0 Å². The molecule has 0 aliphatic rings. The molecule has 7 heteroatoms. The summed E-state index contributed by atoms with van der Waals surface area (Å²) in [4.78, 5) is 23.4. The van der Waals surface area contributed by atoms with Crippen molar-refractivity contribution in [3.05, 3.63) is 53.6 Å². The fourth-order valence-corrected chi connectivity index (χ4v) is 1.63. The van der Waals surface area contributed by atoms with Crippen LogP contribution in [-0.2, 0) is 4.79 Å². The van der Waals surface area contributed by atoms with Crippen LogP contribution in [0.1, 0.15) is 15.9 Å². The average molecular weight is 300 g/mol. The lowest BCUT2D eigenvalue weighted by Crippen LogP contribution is -2.27. The zero-order valence-electron chi connectivity index (χ0n) is 11.2. The van der Waals surface area contributed by atoms with Gasteiger partial charge in [0.15, 0.2) is 0 Å². The molecule has 0 unspecified atom stereocenters. The van der Waals surface area contributed by atoms with Gasteiger partial charge in [-0.1, -0.05) is 0 Å². The number of nitrogens with zero attached hydrogens (tertiary/aromatic N) is 1. The second kappa shape index (κ2) is 6.40. The Labute approximate surface area is 125 Å². The minimum atomic E-state index is -1.01. The maximum absolute atomic E-state index is 11.8. The third-order valence-electron chi connectivity index (χ3n) is 2.64. The molecule has 0 radical (unpaired) electrons. The average Bonchev–Trinajstić information content (AvgIpc) is 2.47. The number of nitrogens with one attached hydrogen (secondary N) is 1. The van der Waals surface area contributed by atoms with Crippen LogP contribution in [0.2, 0.25) is 0 Å². The number of hydrazone groups is 1. The molecule has 0 atom stereocenters. The SMILES string of the molecule is O=C(NN=Cc1ccc(O)cc1)C(=O)c1cc(O)cc(O)c1. The van der Waals surface area contributed by atoms with Gasteiger partial charge in [0.25, 0.3) is 5.78 Å². The van der Waals surface area contributed by atoms with Crippen LogP contribution in [0.4, 0.5) is 0 Å². The first kappa shape index (κ1) is 15.0. The summed E-state index contributed by atoms with van der Waals surface area (Å²) in [6, 6.07) is 9.20. The Bertz CT molecular complexity index is 718. The van der Waals surface area contributed by atoms with Gasteiger partial charge in [0.2, 0.25) is 0 Å². The Kier molecular flexibility index (Phi) is 4.38. The van der Waals surface area contributed by atoms with Crippen molar-refractivity contribution < 1.29 is 24.9 Å². The van der Waals surface area contributed by atoms with Crippen molar-refractivity contribution in [2.45, 2.75) is 0 Å². The van der Waals surface area contributed by atoms with Gasteiger partial charge in [-0.2, -0.15) is 5.10 Å². The Morgan fingerprint density at radius 2 is 1.50 bits per heavy atom. The van der Waals surface area contributed by atoms with Crippen molar-refractivity contribution in [1.82, 2.24) is 5.43 Å². The fourth-order valence-electron chi connectivity index (χ4n) is 1.63. The van der Waals surface area contributed by atoms with E-state index in [0.29, 0.717) is 5.56 Å². The highest BCUT2D eigenvalue weighted by Gasteiger charge is 2.17. The monoisotopic (exact) mass is 300 g/mol.